The molecule has 14 heavy (non-hydrogen) atoms. The monoisotopic (exact) mass is 206 g/mol. The summed E-state index contributed by atoms with van der Waals surface area (Å²) in [5, 5.41) is 45.2. The van der Waals surface area contributed by atoms with Gasteiger partial charge in [-0.3, -0.25) is 0 Å². The number of aliphatic hydroxyl groups excluding tert-OH is 5. The van der Waals surface area contributed by atoms with Crippen LogP contribution in [0.3, 0.4) is 0 Å². The van der Waals surface area contributed by atoms with Crippen molar-refractivity contribution in [1.82, 2.24) is 0 Å². The van der Waals surface area contributed by atoms with Crippen LogP contribution < -0.4 is 0 Å². The predicted octanol–water partition coefficient (Wildman–Crippen LogP) is -2.94. The lowest BCUT2D eigenvalue weighted by atomic mass is 9.98. The number of hydrogen-bond donors (Lipinski definition) is 5. The minimum absolute atomic E-state index is 0.984. The maximum absolute atomic E-state index is 10.0. The van der Waals surface area contributed by atoms with Gasteiger partial charge in [-0.25, -0.2) is 4.79 Å². The SMILES string of the molecule is O=C=C(O)[C@H]1OC(O)[C@@H](O)[C@@H](O)[C@@H]1O. The van der Waals surface area contributed by atoms with Crippen LogP contribution in [0.2, 0.25) is 0 Å². The lowest BCUT2D eigenvalue weighted by Crippen LogP contribution is -2.57. The van der Waals surface area contributed by atoms with E-state index in [2.05, 4.69) is 4.74 Å². The van der Waals surface area contributed by atoms with E-state index in [1.807, 2.05) is 0 Å². The highest BCUT2D eigenvalue weighted by Gasteiger charge is 2.45. The average molecular weight is 206 g/mol. The van der Waals surface area contributed by atoms with E-state index >= 15 is 0 Å². The average Bonchev–Trinajstić information content (AvgIpc) is 2.19. The van der Waals surface area contributed by atoms with Gasteiger partial charge >= 0.3 is 0 Å². The molecule has 7 nitrogen and oxygen atoms in total. The molecule has 0 aromatic rings. The quantitative estimate of drug-likeness (QED) is 0.229. The number of hydrogen-bond acceptors (Lipinski definition) is 7. The summed E-state index contributed by atoms with van der Waals surface area (Å²) in [5.41, 5.74) is 0. The fraction of sp³-hybridized carbons (Fsp3) is 0.714. The molecule has 1 saturated heterocycles. The van der Waals surface area contributed by atoms with Crippen LogP contribution in [-0.4, -0.2) is 62.2 Å². The Bertz CT molecular complexity index is 259. The van der Waals surface area contributed by atoms with Gasteiger partial charge in [0.1, 0.15) is 18.3 Å². The van der Waals surface area contributed by atoms with E-state index in [0.717, 1.165) is 5.94 Å². The molecule has 1 aliphatic rings. The summed E-state index contributed by atoms with van der Waals surface area (Å²) >= 11 is 0. The molecule has 0 saturated carbocycles. The first-order chi connectivity index (χ1) is 6.49. The molecule has 0 radical (unpaired) electrons. The van der Waals surface area contributed by atoms with Crippen LogP contribution >= 0.6 is 0 Å². The molecular formula is C7H10O7. The Morgan fingerprint density at radius 2 is 1.64 bits per heavy atom. The zero-order chi connectivity index (χ0) is 10.9. The first-order valence-electron chi connectivity index (χ1n) is 3.80. The van der Waals surface area contributed by atoms with Crippen molar-refractivity contribution in [3.8, 4) is 0 Å². The minimum atomic E-state index is -1.78. The Labute approximate surface area is 78.5 Å². The summed E-state index contributed by atoms with van der Waals surface area (Å²) < 4.78 is 4.48. The standard InChI is InChI=1S/C7H10O7/c8-1-2(9)6-4(11)3(10)5(12)7(13)14-6/h3-7,9-13H/t3-,4-,5-,6+,7?/m0/s1. The molecule has 0 amide bonds. The van der Waals surface area contributed by atoms with Gasteiger partial charge in [0, 0.05) is 0 Å². The highest BCUT2D eigenvalue weighted by molar-refractivity contribution is 5.50. The Hall–Kier alpha value is -0.950. The molecule has 0 bridgehead atoms. The van der Waals surface area contributed by atoms with E-state index < -0.39 is 36.5 Å². The highest BCUT2D eigenvalue weighted by atomic mass is 16.6. The molecule has 1 unspecified atom stereocenters. The highest BCUT2D eigenvalue weighted by Crippen LogP contribution is 2.22. The summed E-state index contributed by atoms with van der Waals surface area (Å²) in [6.45, 7) is 0. The molecular weight excluding hydrogens is 196 g/mol. The van der Waals surface area contributed by atoms with Crippen molar-refractivity contribution in [2.45, 2.75) is 30.7 Å². The van der Waals surface area contributed by atoms with Crippen molar-refractivity contribution >= 4 is 5.94 Å². The van der Waals surface area contributed by atoms with Crippen molar-refractivity contribution in [3.05, 3.63) is 5.76 Å². The summed E-state index contributed by atoms with van der Waals surface area (Å²) in [7, 11) is 0. The van der Waals surface area contributed by atoms with Gasteiger partial charge in [0.2, 0.25) is 5.76 Å². The van der Waals surface area contributed by atoms with Gasteiger partial charge < -0.3 is 30.3 Å². The molecule has 5 atom stereocenters. The first-order valence-corrected chi connectivity index (χ1v) is 3.80. The third-order valence-corrected chi connectivity index (χ3v) is 1.96. The van der Waals surface area contributed by atoms with Crippen molar-refractivity contribution < 1.29 is 35.1 Å². The van der Waals surface area contributed by atoms with Crippen molar-refractivity contribution in [2.75, 3.05) is 0 Å². The molecule has 1 heterocycles. The van der Waals surface area contributed by atoms with Crippen LogP contribution in [0.4, 0.5) is 0 Å². The van der Waals surface area contributed by atoms with Gasteiger partial charge in [0.25, 0.3) is 0 Å². The molecule has 80 valence electrons. The largest absolute Gasteiger partial charge is 0.500 e. The molecule has 0 aromatic carbocycles. The first kappa shape index (κ1) is 11.1. The summed E-state index contributed by atoms with van der Waals surface area (Å²) in [6, 6.07) is 0. The van der Waals surface area contributed by atoms with Gasteiger partial charge in [-0.2, -0.15) is 0 Å². The van der Waals surface area contributed by atoms with Crippen LogP contribution in [-0.2, 0) is 9.53 Å². The third kappa shape index (κ3) is 1.78. The number of rotatable bonds is 1. The Morgan fingerprint density at radius 3 is 2.14 bits per heavy atom. The second-order valence-corrected chi connectivity index (χ2v) is 2.91. The van der Waals surface area contributed by atoms with Gasteiger partial charge in [-0.1, -0.05) is 0 Å². The maximum Gasteiger partial charge on any atom is 0.209 e. The van der Waals surface area contributed by atoms with Gasteiger partial charge in [0.05, 0.1) is 0 Å². The Kier molecular flexibility index (Phi) is 3.22. The fourth-order valence-corrected chi connectivity index (χ4v) is 1.15. The summed E-state index contributed by atoms with van der Waals surface area (Å²) in [5.74, 6) is 0.0706. The predicted molar refractivity (Wildman–Crippen MR) is 40.7 cm³/mol. The normalized spacial score (nSPS) is 43.0. The van der Waals surface area contributed by atoms with Gasteiger partial charge in [0.15, 0.2) is 18.3 Å². The van der Waals surface area contributed by atoms with Gasteiger partial charge in [-0.15, -0.1) is 0 Å². The van der Waals surface area contributed by atoms with Crippen LogP contribution in [0.5, 0.6) is 0 Å². The van der Waals surface area contributed by atoms with E-state index in [1.165, 1.54) is 0 Å². The van der Waals surface area contributed by atoms with E-state index in [4.69, 9.17) is 20.4 Å². The molecule has 0 spiro atoms. The zero-order valence-corrected chi connectivity index (χ0v) is 6.94. The van der Waals surface area contributed by atoms with E-state index in [9.17, 15) is 9.90 Å². The maximum atomic E-state index is 10.0. The van der Waals surface area contributed by atoms with E-state index in [0.29, 0.717) is 0 Å². The Balaban J connectivity index is 2.85. The third-order valence-electron chi connectivity index (χ3n) is 1.96. The Morgan fingerprint density at radius 1 is 1.07 bits per heavy atom. The second kappa shape index (κ2) is 4.05. The molecule has 1 fully saturated rings. The molecule has 0 aliphatic carbocycles. The summed E-state index contributed by atoms with van der Waals surface area (Å²) in [4.78, 5) is 10.0. The lowest BCUT2D eigenvalue weighted by molar-refractivity contribution is -0.277. The molecule has 7 heteroatoms. The van der Waals surface area contributed by atoms with Crippen LogP contribution in [0.1, 0.15) is 0 Å². The minimum Gasteiger partial charge on any atom is -0.500 e. The zero-order valence-electron chi connectivity index (χ0n) is 6.94. The van der Waals surface area contributed by atoms with E-state index in [1.54, 1.807) is 0 Å². The van der Waals surface area contributed by atoms with Crippen molar-refractivity contribution in [1.29, 1.82) is 0 Å². The molecule has 0 aromatic heterocycles. The molecule has 1 rings (SSSR count). The fourth-order valence-electron chi connectivity index (χ4n) is 1.15. The van der Waals surface area contributed by atoms with Crippen LogP contribution in [0, 0.1) is 0 Å². The molecule has 1 aliphatic heterocycles. The topological polar surface area (TPSA) is 127 Å². The summed E-state index contributed by atoms with van der Waals surface area (Å²) in [6.07, 6.45) is -8.47. The smallest absolute Gasteiger partial charge is 0.209 e. The lowest BCUT2D eigenvalue weighted by Gasteiger charge is -2.37. The number of ether oxygens (including phenoxy) is 1. The number of carbonyl (C=O) groups excluding carboxylic acids is 1. The van der Waals surface area contributed by atoms with Crippen LogP contribution in [0.25, 0.3) is 0 Å². The van der Waals surface area contributed by atoms with E-state index in [-0.39, 0.29) is 0 Å². The van der Waals surface area contributed by atoms with Crippen LogP contribution in [0.15, 0.2) is 5.76 Å². The van der Waals surface area contributed by atoms with Gasteiger partial charge in [-0.05, 0) is 0 Å². The second-order valence-electron chi connectivity index (χ2n) is 2.91. The van der Waals surface area contributed by atoms with Crippen molar-refractivity contribution in [3.63, 3.8) is 0 Å². The number of aliphatic hydroxyl groups is 5. The van der Waals surface area contributed by atoms with Crippen molar-refractivity contribution in [2.24, 2.45) is 0 Å². The molecule has 5 N–H and O–H groups in total.